The molecular formula is C18H21N3O3. The van der Waals surface area contributed by atoms with Gasteiger partial charge in [-0.3, -0.25) is 14.6 Å². The molecule has 1 unspecified atom stereocenters. The summed E-state index contributed by atoms with van der Waals surface area (Å²) < 4.78 is 1.54. The quantitative estimate of drug-likeness (QED) is 0.872. The molecular weight excluding hydrogens is 306 g/mol. The molecule has 2 heterocycles. The molecule has 1 fully saturated rings. The maximum absolute atomic E-state index is 12.6. The summed E-state index contributed by atoms with van der Waals surface area (Å²) in [6.07, 6.45) is 4.27. The molecule has 3 rings (SSSR count). The summed E-state index contributed by atoms with van der Waals surface area (Å²) in [5.41, 5.74) is 0.911. The highest BCUT2D eigenvalue weighted by atomic mass is 16.3. The minimum Gasteiger partial charge on any atom is -0.393 e. The smallest absolute Gasteiger partial charge is 0.252 e. The van der Waals surface area contributed by atoms with E-state index in [2.05, 4.69) is 10.3 Å². The maximum Gasteiger partial charge on any atom is 0.252 e. The predicted octanol–water partition coefficient (Wildman–Crippen LogP) is 1.51. The van der Waals surface area contributed by atoms with Crippen molar-refractivity contribution in [2.75, 3.05) is 0 Å². The molecule has 0 bridgehead atoms. The highest BCUT2D eigenvalue weighted by molar-refractivity contribution is 5.94. The van der Waals surface area contributed by atoms with Crippen LogP contribution in [0.3, 0.4) is 0 Å². The molecule has 0 aromatic carbocycles. The highest BCUT2D eigenvalue weighted by Crippen LogP contribution is 2.37. The Kier molecular flexibility index (Phi) is 4.76. The lowest BCUT2D eigenvalue weighted by Gasteiger charge is -2.37. The van der Waals surface area contributed by atoms with Crippen molar-refractivity contribution in [1.82, 2.24) is 14.9 Å². The summed E-state index contributed by atoms with van der Waals surface area (Å²) in [5.74, 6) is -0.151. The molecule has 1 saturated carbocycles. The fourth-order valence-electron chi connectivity index (χ4n) is 3.03. The summed E-state index contributed by atoms with van der Waals surface area (Å²) in [4.78, 5) is 28.8. The maximum atomic E-state index is 12.6. The average Bonchev–Trinajstić information content (AvgIpc) is 2.57. The number of pyridine rings is 2. The van der Waals surface area contributed by atoms with Crippen LogP contribution in [0.15, 0.2) is 47.5 Å². The zero-order chi connectivity index (χ0) is 17.1. The topological polar surface area (TPSA) is 84.2 Å². The largest absolute Gasteiger partial charge is 0.393 e. The molecule has 1 amide bonds. The summed E-state index contributed by atoms with van der Waals surface area (Å²) in [5, 5.41) is 12.6. The van der Waals surface area contributed by atoms with E-state index in [9.17, 15) is 14.7 Å². The van der Waals surface area contributed by atoms with E-state index in [1.807, 2.05) is 25.1 Å². The van der Waals surface area contributed by atoms with E-state index < -0.39 is 0 Å². The number of nitrogens with zero attached hydrogens (tertiary/aromatic N) is 2. The van der Waals surface area contributed by atoms with Crippen molar-refractivity contribution >= 4 is 5.91 Å². The lowest BCUT2D eigenvalue weighted by Crippen LogP contribution is -2.42. The van der Waals surface area contributed by atoms with Crippen LogP contribution in [0.5, 0.6) is 0 Å². The fraction of sp³-hybridized carbons (Fsp3) is 0.389. The Labute approximate surface area is 140 Å². The molecule has 2 aromatic heterocycles. The molecule has 2 aromatic rings. The number of carbonyl (C=O) groups excluding carboxylic acids is 1. The monoisotopic (exact) mass is 327 g/mol. The normalized spacial score (nSPS) is 20.9. The number of amides is 1. The predicted molar refractivity (Wildman–Crippen MR) is 89.6 cm³/mol. The number of nitrogens with one attached hydrogen (secondary N) is 1. The molecule has 0 radical (unpaired) electrons. The summed E-state index contributed by atoms with van der Waals surface area (Å²) in [6, 6.07) is 8.29. The van der Waals surface area contributed by atoms with Gasteiger partial charge in [-0.15, -0.1) is 0 Å². The molecule has 1 aliphatic rings. The molecule has 0 aliphatic heterocycles. The van der Waals surface area contributed by atoms with Crippen LogP contribution in [0, 0.1) is 5.92 Å². The Hall–Kier alpha value is -2.47. The van der Waals surface area contributed by atoms with Gasteiger partial charge >= 0.3 is 0 Å². The Morgan fingerprint density at radius 2 is 2.21 bits per heavy atom. The van der Waals surface area contributed by atoms with Crippen LogP contribution in [0.25, 0.3) is 0 Å². The van der Waals surface area contributed by atoms with Crippen molar-refractivity contribution < 1.29 is 9.90 Å². The second kappa shape index (κ2) is 6.97. The molecule has 1 aliphatic carbocycles. The molecule has 2 N–H and O–H groups in total. The number of aliphatic hydroxyl groups is 1. The van der Waals surface area contributed by atoms with Gasteiger partial charge in [-0.25, -0.2) is 0 Å². The lowest BCUT2D eigenvalue weighted by atomic mass is 9.76. The van der Waals surface area contributed by atoms with Crippen molar-refractivity contribution in [2.45, 2.75) is 38.5 Å². The van der Waals surface area contributed by atoms with Gasteiger partial charge in [-0.05, 0) is 43.9 Å². The van der Waals surface area contributed by atoms with Gasteiger partial charge in [0.25, 0.3) is 11.5 Å². The summed E-state index contributed by atoms with van der Waals surface area (Å²) in [6.45, 7) is 2.44. The molecule has 0 saturated heterocycles. The number of aliphatic hydroxyl groups excluding tert-OH is 1. The van der Waals surface area contributed by atoms with Crippen LogP contribution in [0.4, 0.5) is 0 Å². The third-order valence-corrected chi connectivity index (χ3v) is 4.51. The minimum absolute atomic E-state index is 0.148. The van der Waals surface area contributed by atoms with E-state index in [4.69, 9.17) is 0 Å². The molecule has 24 heavy (non-hydrogen) atoms. The van der Waals surface area contributed by atoms with Crippen molar-refractivity contribution in [3.05, 3.63) is 64.3 Å². The number of aryl methyl sites for hydroxylation is 1. The third kappa shape index (κ3) is 3.38. The van der Waals surface area contributed by atoms with Crippen LogP contribution in [0.1, 0.15) is 41.9 Å². The minimum atomic E-state index is -0.313. The summed E-state index contributed by atoms with van der Waals surface area (Å²) >= 11 is 0. The number of aromatic nitrogens is 2. The Morgan fingerprint density at radius 3 is 2.79 bits per heavy atom. The van der Waals surface area contributed by atoms with Crippen molar-refractivity contribution in [1.29, 1.82) is 0 Å². The SMILES string of the molecule is CCn1ccc(C(=O)NC(c2ccccn2)C2CC(O)C2)cc1=O. The van der Waals surface area contributed by atoms with Gasteiger partial charge in [0.05, 0.1) is 17.8 Å². The van der Waals surface area contributed by atoms with Crippen molar-refractivity contribution in [2.24, 2.45) is 5.92 Å². The van der Waals surface area contributed by atoms with Gasteiger partial charge in [-0.2, -0.15) is 0 Å². The van der Waals surface area contributed by atoms with Gasteiger partial charge in [0.1, 0.15) is 0 Å². The van der Waals surface area contributed by atoms with Gasteiger partial charge in [0.2, 0.25) is 0 Å². The van der Waals surface area contributed by atoms with Gasteiger partial charge in [0, 0.05) is 30.6 Å². The zero-order valence-electron chi connectivity index (χ0n) is 13.6. The van der Waals surface area contributed by atoms with Crippen LogP contribution in [-0.2, 0) is 6.54 Å². The number of carbonyl (C=O) groups is 1. The number of hydrogen-bond acceptors (Lipinski definition) is 4. The van der Waals surface area contributed by atoms with E-state index in [1.54, 1.807) is 18.5 Å². The van der Waals surface area contributed by atoms with E-state index in [0.29, 0.717) is 24.9 Å². The Balaban J connectivity index is 1.81. The van der Waals surface area contributed by atoms with E-state index in [1.165, 1.54) is 10.6 Å². The van der Waals surface area contributed by atoms with Gasteiger partial charge in [0.15, 0.2) is 0 Å². The fourth-order valence-corrected chi connectivity index (χ4v) is 3.03. The first-order chi connectivity index (χ1) is 11.6. The van der Waals surface area contributed by atoms with Crippen LogP contribution < -0.4 is 10.9 Å². The van der Waals surface area contributed by atoms with Crippen LogP contribution >= 0.6 is 0 Å². The number of rotatable bonds is 5. The van der Waals surface area contributed by atoms with Crippen LogP contribution in [-0.4, -0.2) is 26.7 Å². The number of hydrogen-bond donors (Lipinski definition) is 2. The first-order valence-electron chi connectivity index (χ1n) is 8.19. The van der Waals surface area contributed by atoms with E-state index in [-0.39, 0.29) is 29.5 Å². The Morgan fingerprint density at radius 1 is 1.42 bits per heavy atom. The Bertz CT molecular complexity index is 767. The summed E-state index contributed by atoms with van der Waals surface area (Å²) in [7, 11) is 0. The molecule has 6 nitrogen and oxygen atoms in total. The third-order valence-electron chi connectivity index (χ3n) is 4.51. The first kappa shape index (κ1) is 16.4. The molecule has 126 valence electrons. The average molecular weight is 327 g/mol. The van der Waals surface area contributed by atoms with Crippen LogP contribution in [0.2, 0.25) is 0 Å². The first-order valence-corrected chi connectivity index (χ1v) is 8.19. The standard InChI is InChI=1S/C18H21N3O3/c1-2-21-8-6-12(11-16(21)23)18(24)20-17(13-9-14(22)10-13)15-5-3-4-7-19-15/h3-8,11,13-14,17,22H,2,9-10H2,1H3,(H,20,24). The van der Waals surface area contributed by atoms with Crippen molar-refractivity contribution in [3.8, 4) is 0 Å². The second-order valence-electron chi connectivity index (χ2n) is 6.13. The second-order valence-corrected chi connectivity index (χ2v) is 6.13. The van der Waals surface area contributed by atoms with Gasteiger partial charge in [-0.1, -0.05) is 6.07 Å². The molecule has 1 atom stereocenters. The van der Waals surface area contributed by atoms with E-state index in [0.717, 1.165) is 5.69 Å². The van der Waals surface area contributed by atoms with Gasteiger partial charge < -0.3 is 15.0 Å². The molecule has 6 heteroatoms. The zero-order valence-corrected chi connectivity index (χ0v) is 13.6. The van der Waals surface area contributed by atoms with E-state index >= 15 is 0 Å². The van der Waals surface area contributed by atoms with Crippen molar-refractivity contribution in [3.63, 3.8) is 0 Å². The highest BCUT2D eigenvalue weighted by Gasteiger charge is 2.36. The molecule has 0 spiro atoms. The lowest BCUT2D eigenvalue weighted by molar-refractivity contribution is 0.0228.